The fourth-order valence-electron chi connectivity index (χ4n) is 7.65. The lowest BCUT2D eigenvalue weighted by Crippen LogP contribution is -2.61. The summed E-state index contributed by atoms with van der Waals surface area (Å²) in [5, 5.41) is 27.4. The molecule has 338 valence electrons. The molecule has 0 spiro atoms. The summed E-state index contributed by atoms with van der Waals surface area (Å²) in [5.74, 6) is -4.91. The lowest BCUT2D eigenvalue weighted by Gasteiger charge is -2.33. The molecule has 62 heavy (non-hydrogen) atoms. The maximum atomic E-state index is 14.7. The number of hydrogen-bond acceptors (Lipinski definition) is 7. The Kier molecular flexibility index (Phi) is 18.3. The second-order valence-corrected chi connectivity index (χ2v) is 17.0. The van der Waals surface area contributed by atoms with Gasteiger partial charge in [0, 0.05) is 43.5 Å². The number of benzene rings is 2. The number of aromatic amines is 1. The van der Waals surface area contributed by atoms with Crippen LogP contribution in [-0.4, -0.2) is 106 Å². The van der Waals surface area contributed by atoms with Gasteiger partial charge in [-0.2, -0.15) is 0 Å². The monoisotopic (exact) mass is 859 g/mol. The molecular formula is C46H66N8O8. The van der Waals surface area contributed by atoms with Crippen LogP contribution >= 0.6 is 0 Å². The summed E-state index contributed by atoms with van der Waals surface area (Å²) in [7, 11) is 1.51. The lowest BCUT2D eigenvalue weighted by molar-refractivity contribution is -0.143. The van der Waals surface area contributed by atoms with Crippen LogP contribution in [0.4, 0.5) is 4.79 Å². The van der Waals surface area contributed by atoms with Crippen molar-refractivity contribution in [2.75, 3.05) is 13.6 Å². The van der Waals surface area contributed by atoms with Gasteiger partial charge in [-0.3, -0.25) is 24.0 Å². The Morgan fingerprint density at radius 1 is 0.806 bits per heavy atom. The van der Waals surface area contributed by atoms with Crippen LogP contribution in [0.1, 0.15) is 91.2 Å². The maximum Gasteiger partial charge on any atom is 0.326 e. The molecule has 1 saturated heterocycles. The van der Waals surface area contributed by atoms with Gasteiger partial charge in [0.05, 0.1) is 0 Å². The minimum atomic E-state index is -1.22. The molecule has 0 radical (unpaired) electrons. The van der Waals surface area contributed by atoms with Gasteiger partial charge in [-0.15, -0.1) is 0 Å². The average molecular weight is 859 g/mol. The second-order valence-electron chi connectivity index (χ2n) is 17.0. The highest BCUT2D eigenvalue weighted by atomic mass is 16.4. The number of carbonyl (C=O) groups is 7. The van der Waals surface area contributed by atoms with Gasteiger partial charge in [0.15, 0.2) is 0 Å². The van der Waals surface area contributed by atoms with Crippen molar-refractivity contribution in [3.8, 4) is 0 Å². The number of para-hydroxylation sites is 1. The number of H-pyrrole nitrogens is 1. The number of carboxylic acids is 1. The van der Waals surface area contributed by atoms with E-state index in [2.05, 4.69) is 36.9 Å². The number of hydrogen-bond donors (Lipinski definition) is 8. The van der Waals surface area contributed by atoms with Crippen LogP contribution in [0.3, 0.4) is 0 Å². The van der Waals surface area contributed by atoms with E-state index >= 15 is 0 Å². The molecule has 1 aliphatic heterocycles. The predicted octanol–water partition coefficient (Wildman–Crippen LogP) is 3.79. The summed E-state index contributed by atoms with van der Waals surface area (Å²) in [6.07, 6.45) is 4.03. The molecule has 1 aliphatic rings. The number of rotatable bonds is 13. The molecule has 0 bridgehead atoms. The molecule has 2 heterocycles. The highest BCUT2D eigenvalue weighted by molar-refractivity contribution is 5.97. The van der Waals surface area contributed by atoms with E-state index in [9.17, 15) is 38.7 Å². The number of nitrogens with zero attached hydrogens (tertiary/aromatic N) is 1. The molecule has 0 unspecified atom stereocenters. The van der Waals surface area contributed by atoms with E-state index in [0.29, 0.717) is 25.7 Å². The third-order valence-electron chi connectivity index (χ3n) is 11.8. The minimum Gasteiger partial charge on any atom is -0.480 e. The molecule has 0 aliphatic carbocycles. The molecular weight excluding hydrogens is 793 g/mol. The van der Waals surface area contributed by atoms with Crippen molar-refractivity contribution in [1.82, 2.24) is 41.8 Å². The van der Waals surface area contributed by atoms with Crippen LogP contribution in [0.25, 0.3) is 10.9 Å². The zero-order valence-corrected chi connectivity index (χ0v) is 37.1. The second kappa shape index (κ2) is 23.3. The highest BCUT2D eigenvalue weighted by Crippen LogP contribution is 2.22. The molecule has 16 heteroatoms. The molecule has 8 atom stereocenters. The van der Waals surface area contributed by atoms with Gasteiger partial charge in [-0.05, 0) is 60.6 Å². The fraction of sp³-hybridized carbons (Fsp3) is 0.543. The van der Waals surface area contributed by atoms with Crippen LogP contribution in [0, 0.1) is 17.8 Å². The Morgan fingerprint density at radius 2 is 1.48 bits per heavy atom. The number of urea groups is 1. The number of aromatic nitrogens is 1. The van der Waals surface area contributed by atoms with E-state index in [0.717, 1.165) is 22.0 Å². The van der Waals surface area contributed by atoms with Gasteiger partial charge < -0.3 is 46.9 Å². The van der Waals surface area contributed by atoms with Gasteiger partial charge >= 0.3 is 12.0 Å². The fourth-order valence-corrected chi connectivity index (χ4v) is 7.65. The standard InChI is InChI=1S/C46H66N8O8/c1-8-28(5)38-43(58)50-36(23-27(3)4)44(59)54(7)37(25-31-26-48-33-20-14-13-19-32(31)33)42(57)49-35(24-30-17-11-10-12-18-30)40(55)47-22-16-15-21-34(41(56)52-38)51-46(62)53-39(45(60)61)29(6)9-2/h10-14,17-20,26-29,34-39,48H,8-9,15-16,21-25H2,1-7H3,(H,47,55)(H,49,57)(H,50,58)(H,52,56)(H,60,61)(H2,51,53,62)/t28-,29+,34-,35-,36-,37-,38-,39+/m0/s1. The molecule has 0 saturated carbocycles. The van der Waals surface area contributed by atoms with Gasteiger partial charge in [0.25, 0.3) is 0 Å². The summed E-state index contributed by atoms with van der Waals surface area (Å²) >= 11 is 0. The van der Waals surface area contributed by atoms with Crippen molar-refractivity contribution < 1.29 is 38.7 Å². The van der Waals surface area contributed by atoms with E-state index in [4.69, 9.17) is 0 Å². The molecule has 3 aromatic rings. The van der Waals surface area contributed by atoms with Gasteiger partial charge in [-0.1, -0.05) is 103 Å². The van der Waals surface area contributed by atoms with Crippen molar-refractivity contribution in [2.24, 2.45) is 17.8 Å². The summed E-state index contributed by atoms with van der Waals surface area (Å²) in [4.78, 5) is 102. The SMILES string of the molecule is CC[C@@H](C)[C@@H](NC(=O)N[C@H]1CCCCNC(=O)[C@H](Cc2ccccc2)NC(=O)[C@H](Cc2c[nH]c3ccccc23)N(C)C(=O)[C@H](CC(C)C)NC(=O)[C@H]([C@@H](C)CC)NC1=O)C(=O)O. The molecule has 1 fully saturated rings. The quantitative estimate of drug-likeness (QED) is 0.126. The van der Waals surface area contributed by atoms with Crippen molar-refractivity contribution >= 4 is 52.4 Å². The first-order valence-corrected chi connectivity index (χ1v) is 21.9. The third kappa shape index (κ3) is 13.5. The number of carboxylic acid groups (broad SMARTS) is 1. The topological polar surface area (TPSA) is 231 Å². The Hall–Kier alpha value is -5.93. The summed E-state index contributed by atoms with van der Waals surface area (Å²) in [6.45, 7) is 11.1. The maximum absolute atomic E-state index is 14.7. The molecule has 2 aromatic carbocycles. The Bertz CT molecular complexity index is 2000. The predicted molar refractivity (Wildman–Crippen MR) is 237 cm³/mol. The van der Waals surface area contributed by atoms with E-state index < -0.39 is 89.6 Å². The number of nitrogens with one attached hydrogen (secondary N) is 7. The lowest BCUT2D eigenvalue weighted by atomic mass is 9.95. The molecule has 1 aromatic heterocycles. The van der Waals surface area contributed by atoms with Crippen molar-refractivity contribution in [3.63, 3.8) is 0 Å². The Balaban J connectivity index is 1.75. The first-order valence-electron chi connectivity index (χ1n) is 21.9. The number of amides is 7. The smallest absolute Gasteiger partial charge is 0.326 e. The Morgan fingerprint density at radius 3 is 2.15 bits per heavy atom. The largest absolute Gasteiger partial charge is 0.480 e. The van der Waals surface area contributed by atoms with Crippen LogP contribution in [0.2, 0.25) is 0 Å². The summed E-state index contributed by atoms with van der Waals surface area (Å²) in [5.41, 5.74) is 2.43. The van der Waals surface area contributed by atoms with Crippen molar-refractivity contribution in [1.29, 1.82) is 0 Å². The van der Waals surface area contributed by atoms with E-state index in [1.54, 1.807) is 27.0 Å². The van der Waals surface area contributed by atoms with Crippen LogP contribution < -0.4 is 31.9 Å². The summed E-state index contributed by atoms with van der Waals surface area (Å²) in [6, 6.07) is 9.25. The first kappa shape index (κ1) is 48.7. The van der Waals surface area contributed by atoms with Gasteiger partial charge in [0.2, 0.25) is 29.5 Å². The summed E-state index contributed by atoms with van der Waals surface area (Å²) < 4.78 is 0. The minimum absolute atomic E-state index is 0.0760. The molecule has 8 N–H and O–H groups in total. The normalized spacial score (nSPS) is 22.8. The van der Waals surface area contributed by atoms with Gasteiger partial charge in [-0.25, -0.2) is 9.59 Å². The zero-order valence-electron chi connectivity index (χ0n) is 37.1. The zero-order chi connectivity index (χ0) is 45.5. The number of fused-ring (bicyclic) bond motifs is 1. The van der Waals surface area contributed by atoms with E-state index in [-0.39, 0.29) is 38.1 Å². The molecule has 16 nitrogen and oxygen atoms in total. The van der Waals surface area contributed by atoms with Crippen molar-refractivity contribution in [3.05, 3.63) is 71.9 Å². The Labute approximate surface area is 364 Å². The van der Waals surface area contributed by atoms with Crippen LogP contribution in [-0.2, 0) is 41.6 Å². The van der Waals surface area contributed by atoms with Crippen LogP contribution in [0.15, 0.2) is 60.8 Å². The number of likely N-dealkylation sites (N-methyl/N-ethyl adjacent to an activating group) is 1. The van der Waals surface area contributed by atoms with Gasteiger partial charge in [0.1, 0.15) is 36.3 Å². The average Bonchev–Trinajstić information content (AvgIpc) is 3.66. The number of carbonyl (C=O) groups excluding carboxylic acids is 6. The van der Waals surface area contributed by atoms with E-state index in [1.807, 2.05) is 75.4 Å². The van der Waals surface area contributed by atoms with E-state index in [1.165, 1.54) is 11.9 Å². The number of aliphatic carboxylic acids is 1. The molecule has 7 amide bonds. The van der Waals surface area contributed by atoms with Crippen molar-refractivity contribution in [2.45, 2.75) is 129 Å². The highest BCUT2D eigenvalue weighted by Gasteiger charge is 2.38. The third-order valence-corrected chi connectivity index (χ3v) is 11.8. The molecule has 4 rings (SSSR count). The first-order chi connectivity index (χ1) is 29.5. The van der Waals surface area contributed by atoms with Crippen LogP contribution in [0.5, 0.6) is 0 Å².